The fraction of sp³-hybridized carbons (Fsp3) is 0.120. The van der Waals surface area contributed by atoms with Gasteiger partial charge in [-0.25, -0.2) is 9.48 Å². The second kappa shape index (κ2) is 9.26. The summed E-state index contributed by atoms with van der Waals surface area (Å²) in [5.41, 5.74) is 4.29. The van der Waals surface area contributed by atoms with Gasteiger partial charge in [-0.05, 0) is 38.1 Å². The second-order valence-electron chi connectivity index (χ2n) is 7.33. The monoisotopic (exact) mass is 426 g/mol. The van der Waals surface area contributed by atoms with Crippen LogP contribution < -0.4 is 5.32 Å². The van der Waals surface area contributed by atoms with Crippen LogP contribution in [0, 0.1) is 13.8 Å². The van der Waals surface area contributed by atoms with Crippen LogP contribution in [0.15, 0.2) is 72.9 Å². The number of ether oxygens (including phenoxy) is 1. The molecule has 0 saturated heterocycles. The number of para-hydroxylation sites is 1. The van der Waals surface area contributed by atoms with Crippen molar-refractivity contribution in [1.29, 1.82) is 0 Å². The second-order valence-corrected chi connectivity index (χ2v) is 7.33. The summed E-state index contributed by atoms with van der Waals surface area (Å²) in [5, 5.41) is 8.15. The lowest BCUT2D eigenvalue weighted by Crippen LogP contribution is -2.21. The van der Waals surface area contributed by atoms with Gasteiger partial charge in [0, 0.05) is 29.3 Å². The first-order valence-electron chi connectivity index (χ1n) is 10.1. The van der Waals surface area contributed by atoms with E-state index in [2.05, 4.69) is 15.4 Å². The number of hydrogen-bond donors (Lipinski definition) is 1. The average Bonchev–Trinajstić information content (AvgIpc) is 3.16. The Balaban J connectivity index is 1.38. The first-order chi connectivity index (χ1) is 15.5. The number of aryl methyl sites for hydroxylation is 2. The molecule has 0 fully saturated rings. The lowest BCUT2D eigenvalue weighted by Gasteiger charge is -2.09. The van der Waals surface area contributed by atoms with E-state index < -0.39 is 18.5 Å². The Hall–Kier alpha value is -4.26. The van der Waals surface area contributed by atoms with Crippen molar-refractivity contribution in [1.82, 2.24) is 14.8 Å². The average molecular weight is 426 g/mol. The normalized spacial score (nSPS) is 11.1. The van der Waals surface area contributed by atoms with Crippen LogP contribution in [0.5, 0.6) is 0 Å². The maximum absolute atomic E-state index is 12.3. The van der Waals surface area contributed by atoms with Gasteiger partial charge in [-0.1, -0.05) is 42.0 Å². The van der Waals surface area contributed by atoms with E-state index in [0.717, 1.165) is 33.4 Å². The molecule has 0 aliphatic carbocycles. The molecular weight excluding hydrogens is 404 g/mol. The summed E-state index contributed by atoms with van der Waals surface area (Å²) in [4.78, 5) is 28.8. The summed E-state index contributed by atoms with van der Waals surface area (Å²) in [6.45, 7) is 3.43. The van der Waals surface area contributed by atoms with E-state index in [4.69, 9.17) is 4.74 Å². The van der Waals surface area contributed by atoms with E-state index in [1.54, 1.807) is 23.0 Å². The number of carbonyl (C=O) groups excluding carboxylic acids is 2. The van der Waals surface area contributed by atoms with Crippen molar-refractivity contribution in [3.8, 4) is 5.69 Å². The van der Waals surface area contributed by atoms with Crippen molar-refractivity contribution in [3.05, 3.63) is 89.8 Å². The summed E-state index contributed by atoms with van der Waals surface area (Å²) in [5.74, 6) is -0.562. The van der Waals surface area contributed by atoms with Crippen molar-refractivity contribution < 1.29 is 14.3 Å². The van der Waals surface area contributed by atoms with Gasteiger partial charge < -0.3 is 10.1 Å². The molecule has 1 N–H and O–H groups in total. The molecule has 0 unspecified atom stereocenters. The van der Waals surface area contributed by atoms with Gasteiger partial charge in [0.05, 0.1) is 16.9 Å². The molecular formula is C25H22N4O3. The zero-order valence-electron chi connectivity index (χ0n) is 17.8. The summed E-state index contributed by atoms with van der Waals surface area (Å²) in [6.07, 6.45) is 4.62. The number of nitrogens with zero attached hydrogens (tertiary/aromatic N) is 3. The van der Waals surface area contributed by atoms with E-state index >= 15 is 0 Å². The van der Waals surface area contributed by atoms with E-state index in [0.29, 0.717) is 5.82 Å². The van der Waals surface area contributed by atoms with Crippen LogP contribution in [-0.4, -0.2) is 33.2 Å². The van der Waals surface area contributed by atoms with Crippen molar-refractivity contribution in [2.24, 2.45) is 0 Å². The topological polar surface area (TPSA) is 86.1 Å². The molecule has 2 aromatic carbocycles. The number of carbonyl (C=O) groups is 2. The van der Waals surface area contributed by atoms with Gasteiger partial charge in [0.25, 0.3) is 5.91 Å². The van der Waals surface area contributed by atoms with E-state index in [1.807, 2.05) is 68.4 Å². The number of amides is 1. The molecule has 160 valence electrons. The molecule has 0 atom stereocenters. The molecule has 4 rings (SSSR count). The summed E-state index contributed by atoms with van der Waals surface area (Å²) in [6, 6.07) is 19.0. The third-order valence-corrected chi connectivity index (χ3v) is 4.79. The Morgan fingerprint density at radius 3 is 2.66 bits per heavy atom. The van der Waals surface area contributed by atoms with Gasteiger partial charge in [-0.3, -0.25) is 9.78 Å². The number of pyridine rings is 1. The first kappa shape index (κ1) is 21.0. The molecule has 0 saturated carbocycles. The maximum Gasteiger partial charge on any atom is 0.331 e. The van der Waals surface area contributed by atoms with Crippen LogP contribution in [-0.2, 0) is 14.3 Å². The number of fused-ring (bicyclic) bond motifs is 1. The Kier molecular flexibility index (Phi) is 6.07. The van der Waals surface area contributed by atoms with Crippen molar-refractivity contribution in [2.45, 2.75) is 13.8 Å². The van der Waals surface area contributed by atoms with Crippen molar-refractivity contribution in [2.75, 3.05) is 11.9 Å². The highest BCUT2D eigenvalue weighted by Gasteiger charge is 2.12. The zero-order valence-corrected chi connectivity index (χ0v) is 17.8. The molecule has 32 heavy (non-hydrogen) atoms. The number of rotatable bonds is 6. The molecule has 7 nitrogen and oxygen atoms in total. The minimum absolute atomic E-state index is 0.408. The number of nitrogens with one attached hydrogen (secondary N) is 1. The van der Waals surface area contributed by atoms with Crippen LogP contribution in [0.1, 0.15) is 16.8 Å². The van der Waals surface area contributed by atoms with Crippen molar-refractivity contribution in [3.63, 3.8) is 0 Å². The Labute approximate surface area is 185 Å². The minimum Gasteiger partial charge on any atom is -0.452 e. The lowest BCUT2D eigenvalue weighted by molar-refractivity contribution is -0.142. The number of esters is 1. The van der Waals surface area contributed by atoms with E-state index in [-0.39, 0.29) is 0 Å². The number of benzene rings is 2. The summed E-state index contributed by atoms with van der Waals surface area (Å²) < 4.78 is 6.73. The Morgan fingerprint density at radius 1 is 1.06 bits per heavy atom. The van der Waals surface area contributed by atoms with E-state index in [9.17, 15) is 9.59 Å². The first-order valence-corrected chi connectivity index (χ1v) is 10.1. The zero-order chi connectivity index (χ0) is 22.5. The van der Waals surface area contributed by atoms with Gasteiger partial charge in [0.15, 0.2) is 6.61 Å². The highest BCUT2D eigenvalue weighted by Crippen LogP contribution is 2.18. The molecule has 4 aromatic rings. The predicted octanol–water partition coefficient (Wildman–Crippen LogP) is 4.23. The fourth-order valence-corrected chi connectivity index (χ4v) is 3.26. The molecule has 1 amide bonds. The molecule has 0 aliphatic heterocycles. The van der Waals surface area contributed by atoms with E-state index in [1.165, 1.54) is 6.08 Å². The minimum atomic E-state index is -0.615. The third kappa shape index (κ3) is 4.89. The summed E-state index contributed by atoms with van der Waals surface area (Å²) >= 11 is 0. The van der Waals surface area contributed by atoms with Gasteiger partial charge in [-0.2, -0.15) is 5.10 Å². The third-order valence-electron chi connectivity index (χ3n) is 4.79. The predicted molar refractivity (Wildman–Crippen MR) is 123 cm³/mol. The molecule has 2 aromatic heterocycles. The van der Waals surface area contributed by atoms with Crippen LogP contribution in [0.3, 0.4) is 0 Å². The van der Waals surface area contributed by atoms with Gasteiger partial charge in [0.1, 0.15) is 5.82 Å². The molecule has 0 bridgehead atoms. The van der Waals surface area contributed by atoms with Gasteiger partial charge >= 0.3 is 5.97 Å². The van der Waals surface area contributed by atoms with Crippen LogP contribution in [0.4, 0.5) is 5.82 Å². The number of anilines is 1. The van der Waals surface area contributed by atoms with Crippen LogP contribution in [0.2, 0.25) is 0 Å². The van der Waals surface area contributed by atoms with Crippen molar-refractivity contribution >= 4 is 34.7 Å². The smallest absolute Gasteiger partial charge is 0.331 e. The maximum atomic E-state index is 12.3. The quantitative estimate of drug-likeness (QED) is 0.368. The molecule has 2 heterocycles. The lowest BCUT2D eigenvalue weighted by atomic mass is 10.1. The molecule has 0 radical (unpaired) electrons. The highest BCUT2D eigenvalue weighted by molar-refractivity contribution is 5.96. The number of aromatic nitrogens is 3. The largest absolute Gasteiger partial charge is 0.452 e. The molecule has 0 aliphatic rings. The highest BCUT2D eigenvalue weighted by atomic mass is 16.5. The Morgan fingerprint density at radius 2 is 1.84 bits per heavy atom. The standard InChI is InChI=1S/C25H22N4O3/c1-17-8-11-21(12-9-17)29-22(15-18(2)28-29)27-23(30)16-32-24(31)13-10-20-6-3-5-19-7-4-14-26-25(19)20/h3-15H,16H2,1-2H3,(H,27,30)/b13-10+. The fourth-order valence-electron chi connectivity index (χ4n) is 3.26. The Bertz CT molecular complexity index is 1300. The summed E-state index contributed by atoms with van der Waals surface area (Å²) in [7, 11) is 0. The molecule has 0 spiro atoms. The van der Waals surface area contributed by atoms with Gasteiger partial charge in [0.2, 0.25) is 0 Å². The molecule has 7 heteroatoms. The van der Waals surface area contributed by atoms with Crippen LogP contribution in [0.25, 0.3) is 22.7 Å². The SMILES string of the molecule is Cc1ccc(-n2nc(C)cc2NC(=O)COC(=O)/C=C/c2cccc3cccnc23)cc1. The number of hydrogen-bond acceptors (Lipinski definition) is 5. The van der Waals surface area contributed by atoms with Gasteiger partial charge in [-0.15, -0.1) is 0 Å². The van der Waals surface area contributed by atoms with Crippen LogP contribution >= 0.6 is 0 Å².